The predicted octanol–water partition coefficient (Wildman–Crippen LogP) is 2.56. The second kappa shape index (κ2) is 5.48. The second-order valence-corrected chi connectivity index (χ2v) is 5.09. The smallest absolute Gasteiger partial charge is 0.269 e. The molecule has 1 aliphatic heterocycles. The summed E-state index contributed by atoms with van der Waals surface area (Å²) in [5, 5.41) is 10.7. The van der Waals surface area contributed by atoms with Gasteiger partial charge in [0, 0.05) is 31.3 Å². The zero-order chi connectivity index (χ0) is 15.7. The van der Waals surface area contributed by atoms with Crippen LogP contribution in [-0.2, 0) is 11.2 Å². The molecule has 3 rings (SSSR count). The van der Waals surface area contributed by atoms with Crippen LogP contribution >= 0.6 is 0 Å². The highest BCUT2D eigenvalue weighted by Gasteiger charge is 2.31. The fourth-order valence-corrected chi connectivity index (χ4v) is 2.46. The first kappa shape index (κ1) is 14.1. The molecule has 1 atom stereocenters. The van der Waals surface area contributed by atoms with Crippen molar-refractivity contribution in [3.63, 3.8) is 0 Å². The number of nitro groups is 1. The van der Waals surface area contributed by atoms with Gasteiger partial charge in [-0.1, -0.05) is 18.2 Å². The van der Waals surface area contributed by atoms with E-state index in [0.717, 1.165) is 11.3 Å². The number of nitro benzene ring substituents is 1. The highest BCUT2D eigenvalue weighted by Crippen LogP contribution is 2.29. The molecular weight excluding hydrogens is 284 g/mol. The van der Waals surface area contributed by atoms with Gasteiger partial charge in [0.25, 0.3) is 11.6 Å². The van der Waals surface area contributed by atoms with Crippen molar-refractivity contribution in [1.29, 1.82) is 0 Å². The molecule has 22 heavy (non-hydrogen) atoms. The summed E-state index contributed by atoms with van der Waals surface area (Å²) in [7, 11) is 1.63. The van der Waals surface area contributed by atoms with E-state index in [9.17, 15) is 14.9 Å². The van der Waals surface area contributed by atoms with Gasteiger partial charge >= 0.3 is 0 Å². The molecule has 0 N–H and O–H groups in total. The largest absolute Gasteiger partial charge is 0.480 e. The third-order valence-electron chi connectivity index (χ3n) is 3.70. The molecule has 112 valence electrons. The molecule has 0 aliphatic carbocycles. The van der Waals surface area contributed by atoms with Crippen LogP contribution in [0.2, 0.25) is 0 Å². The molecule has 2 aromatic rings. The Morgan fingerprint density at radius 1 is 1.23 bits per heavy atom. The molecule has 1 aliphatic rings. The van der Waals surface area contributed by atoms with Crippen LogP contribution in [0.3, 0.4) is 0 Å². The highest BCUT2D eigenvalue weighted by atomic mass is 16.6. The maximum absolute atomic E-state index is 12.5. The van der Waals surface area contributed by atoms with E-state index in [-0.39, 0.29) is 11.6 Å². The quantitative estimate of drug-likeness (QED) is 0.645. The molecule has 1 amide bonds. The van der Waals surface area contributed by atoms with E-state index in [4.69, 9.17) is 4.74 Å². The van der Waals surface area contributed by atoms with Gasteiger partial charge < -0.3 is 9.64 Å². The first-order chi connectivity index (χ1) is 10.6. The van der Waals surface area contributed by atoms with Gasteiger partial charge in [0.15, 0.2) is 6.10 Å². The van der Waals surface area contributed by atoms with Gasteiger partial charge in [-0.15, -0.1) is 0 Å². The van der Waals surface area contributed by atoms with Crippen molar-refractivity contribution >= 4 is 17.3 Å². The normalized spacial score (nSPS) is 15.8. The van der Waals surface area contributed by atoms with Crippen molar-refractivity contribution in [3.05, 3.63) is 64.2 Å². The molecule has 6 nitrogen and oxygen atoms in total. The number of anilines is 1. The lowest BCUT2D eigenvalue weighted by atomic mass is 10.1. The van der Waals surface area contributed by atoms with Gasteiger partial charge in [-0.05, 0) is 23.8 Å². The first-order valence-electron chi connectivity index (χ1n) is 6.83. The average molecular weight is 298 g/mol. The number of likely N-dealkylation sites (N-methyl/N-ethyl adjacent to an activating group) is 1. The molecule has 1 heterocycles. The summed E-state index contributed by atoms with van der Waals surface area (Å²) >= 11 is 0. The Labute approximate surface area is 127 Å². The Balaban J connectivity index is 1.74. The molecule has 6 heteroatoms. The monoisotopic (exact) mass is 298 g/mol. The van der Waals surface area contributed by atoms with E-state index in [1.54, 1.807) is 19.2 Å². The minimum Gasteiger partial charge on any atom is -0.480 e. The predicted molar refractivity (Wildman–Crippen MR) is 81.1 cm³/mol. The molecular formula is C16H14N2O4. The Hall–Kier alpha value is -2.89. The molecule has 0 saturated heterocycles. The summed E-state index contributed by atoms with van der Waals surface area (Å²) in [6.07, 6.45) is -0.0237. The van der Waals surface area contributed by atoms with E-state index in [0.29, 0.717) is 12.1 Å². The van der Waals surface area contributed by atoms with E-state index < -0.39 is 11.0 Å². The Morgan fingerprint density at radius 3 is 2.55 bits per heavy atom. The van der Waals surface area contributed by atoms with Gasteiger partial charge in [-0.3, -0.25) is 14.9 Å². The highest BCUT2D eigenvalue weighted by molar-refractivity contribution is 5.97. The van der Waals surface area contributed by atoms with E-state index in [2.05, 4.69) is 0 Å². The zero-order valence-corrected chi connectivity index (χ0v) is 11.9. The van der Waals surface area contributed by atoms with Crippen molar-refractivity contribution in [3.8, 4) is 5.75 Å². The van der Waals surface area contributed by atoms with Crippen LogP contribution < -0.4 is 9.64 Å². The van der Waals surface area contributed by atoms with Gasteiger partial charge in [0.05, 0.1) is 4.92 Å². The fraction of sp³-hybridized carbons (Fsp3) is 0.188. The number of hydrogen-bond acceptors (Lipinski definition) is 4. The number of carbonyl (C=O) groups is 1. The Morgan fingerprint density at radius 2 is 1.91 bits per heavy atom. The van der Waals surface area contributed by atoms with E-state index >= 15 is 0 Å². The number of non-ortho nitro benzene ring substituents is 1. The lowest BCUT2D eigenvalue weighted by Gasteiger charge is -2.20. The Kier molecular flexibility index (Phi) is 3.50. The standard InChI is InChI=1S/C16H14N2O4/c1-17(12-6-8-13(9-7-12)18(20)21)16(19)15-10-11-4-2-3-5-14(11)22-15/h2-9,15H,10H2,1H3. The van der Waals surface area contributed by atoms with Crippen molar-refractivity contribution in [1.82, 2.24) is 0 Å². The minimum absolute atomic E-state index is 0.00544. The van der Waals surface area contributed by atoms with Crippen molar-refractivity contribution in [2.24, 2.45) is 0 Å². The minimum atomic E-state index is -0.558. The SMILES string of the molecule is CN(C(=O)C1Cc2ccccc2O1)c1ccc([N+](=O)[O-])cc1. The third kappa shape index (κ3) is 2.50. The topological polar surface area (TPSA) is 72.7 Å². The molecule has 0 bridgehead atoms. The molecule has 1 unspecified atom stereocenters. The summed E-state index contributed by atoms with van der Waals surface area (Å²) in [5.41, 5.74) is 1.60. The van der Waals surface area contributed by atoms with E-state index in [1.807, 2.05) is 24.3 Å². The van der Waals surface area contributed by atoms with Crippen LogP contribution in [0.15, 0.2) is 48.5 Å². The number of fused-ring (bicyclic) bond motifs is 1. The zero-order valence-electron chi connectivity index (χ0n) is 11.9. The molecule has 0 aromatic heterocycles. The molecule has 2 aromatic carbocycles. The fourth-order valence-electron chi connectivity index (χ4n) is 2.46. The summed E-state index contributed by atoms with van der Waals surface area (Å²) in [4.78, 5) is 24.1. The number of benzene rings is 2. The lowest BCUT2D eigenvalue weighted by Crippen LogP contribution is -2.39. The first-order valence-corrected chi connectivity index (χ1v) is 6.83. The second-order valence-electron chi connectivity index (χ2n) is 5.09. The number of amides is 1. The van der Waals surface area contributed by atoms with Crippen LogP contribution in [0.1, 0.15) is 5.56 Å². The van der Waals surface area contributed by atoms with Crippen molar-refractivity contribution in [2.45, 2.75) is 12.5 Å². The maximum atomic E-state index is 12.5. The van der Waals surface area contributed by atoms with Crippen LogP contribution in [-0.4, -0.2) is 24.0 Å². The van der Waals surface area contributed by atoms with Gasteiger partial charge in [-0.25, -0.2) is 0 Å². The van der Waals surface area contributed by atoms with Crippen molar-refractivity contribution < 1.29 is 14.5 Å². The summed E-state index contributed by atoms with van der Waals surface area (Å²) < 4.78 is 5.67. The summed E-state index contributed by atoms with van der Waals surface area (Å²) in [6.45, 7) is 0. The number of ether oxygens (including phenoxy) is 1. The maximum Gasteiger partial charge on any atom is 0.269 e. The molecule has 0 spiro atoms. The number of carbonyl (C=O) groups excluding carboxylic acids is 1. The number of hydrogen-bond donors (Lipinski definition) is 0. The van der Waals surface area contributed by atoms with Crippen LogP contribution in [0.25, 0.3) is 0 Å². The lowest BCUT2D eigenvalue weighted by molar-refractivity contribution is -0.384. The molecule has 0 radical (unpaired) electrons. The van der Waals surface area contributed by atoms with Crippen molar-refractivity contribution in [2.75, 3.05) is 11.9 Å². The van der Waals surface area contributed by atoms with Crippen LogP contribution in [0.4, 0.5) is 11.4 Å². The van der Waals surface area contributed by atoms with Crippen LogP contribution in [0, 0.1) is 10.1 Å². The molecule has 0 fully saturated rings. The number of rotatable bonds is 3. The van der Waals surface area contributed by atoms with E-state index in [1.165, 1.54) is 17.0 Å². The third-order valence-corrected chi connectivity index (χ3v) is 3.70. The van der Waals surface area contributed by atoms with Gasteiger partial charge in [-0.2, -0.15) is 0 Å². The number of para-hydroxylation sites is 1. The summed E-state index contributed by atoms with van der Waals surface area (Å²) in [6, 6.07) is 13.4. The number of nitrogens with zero attached hydrogens (tertiary/aromatic N) is 2. The average Bonchev–Trinajstić information content (AvgIpc) is 2.97. The summed E-state index contributed by atoms with van der Waals surface area (Å²) in [5.74, 6) is 0.558. The van der Waals surface area contributed by atoms with Gasteiger partial charge in [0.1, 0.15) is 5.75 Å². The Bertz CT molecular complexity index is 702. The van der Waals surface area contributed by atoms with Crippen LogP contribution in [0.5, 0.6) is 5.75 Å². The molecule has 0 saturated carbocycles. The van der Waals surface area contributed by atoms with Gasteiger partial charge in [0.2, 0.25) is 0 Å².